The lowest BCUT2D eigenvalue weighted by atomic mass is 10.1. The summed E-state index contributed by atoms with van der Waals surface area (Å²) in [5.41, 5.74) is 2.68. The van der Waals surface area contributed by atoms with Crippen molar-refractivity contribution >= 4 is 27.3 Å². The van der Waals surface area contributed by atoms with E-state index in [1.165, 1.54) is 20.4 Å². The van der Waals surface area contributed by atoms with E-state index in [2.05, 4.69) is 33.8 Å². The first-order valence-electron chi connectivity index (χ1n) is 13.0. The number of aromatic nitrogens is 4. The molecule has 0 spiro atoms. The smallest absolute Gasteiger partial charge is 0.279 e. The third-order valence-corrected chi connectivity index (χ3v) is 7.75. The first-order valence-corrected chi connectivity index (χ1v) is 15.4. The molecule has 0 amide bonds. The molecule has 1 aromatic carbocycles. The van der Waals surface area contributed by atoms with E-state index in [1.54, 1.807) is 55.4 Å². The highest BCUT2D eigenvalue weighted by Crippen LogP contribution is 2.31. The number of hydrogen-bond donors (Lipinski definition) is 1. The van der Waals surface area contributed by atoms with Crippen LogP contribution in [0.1, 0.15) is 58.1 Å². The normalized spacial score (nSPS) is 11.3. The number of hydrogen-bond acceptors (Lipinski definition) is 9. The second-order valence-corrected chi connectivity index (χ2v) is 12.7. The van der Waals surface area contributed by atoms with E-state index in [1.807, 2.05) is 43.5 Å². The van der Waals surface area contributed by atoms with Gasteiger partial charge >= 0.3 is 0 Å². The number of ketones is 1. The van der Waals surface area contributed by atoms with Crippen molar-refractivity contribution in [1.29, 1.82) is 0 Å². The Balaban J connectivity index is 0.000000247. The second-order valence-electron chi connectivity index (χ2n) is 9.93. The van der Waals surface area contributed by atoms with E-state index < -0.39 is 10.2 Å². The van der Waals surface area contributed by atoms with Crippen molar-refractivity contribution in [2.75, 3.05) is 21.2 Å². The molecule has 0 aliphatic carbocycles. The van der Waals surface area contributed by atoms with Gasteiger partial charge in [-0.1, -0.05) is 13.8 Å². The molecule has 13 heteroatoms. The molecular weight excluding hydrogens is 564 g/mol. The van der Waals surface area contributed by atoms with Crippen molar-refractivity contribution < 1.29 is 22.4 Å². The Labute approximate surface area is 246 Å². The molecule has 0 radical (unpaired) electrons. The number of Topliss-reactive ketones (excluding diaryl/α,β-unsaturated/α-hetero) is 1. The molecule has 0 saturated heterocycles. The minimum atomic E-state index is -3.21. The van der Waals surface area contributed by atoms with Gasteiger partial charge in [0.2, 0.25) is 0 Å². The highest BCUT2D eigenvalue weighted by molar-refractivity contribution is 7.87. The van der Waals surface area contributed by atoms with Crippen LogP contribution in [0.15, 0.2) is 58.7 Å². The van der Waals surface area contributed by atoms with Crippen LogP contribution in [-0.4, -0.2) is 65.7 Å². The number of rotatable bonds is 9. The molecule has 4 rings (SSSR count). The summed E-state index contributed by atoms with van der Waals surface area (Å²) in [6.07, 6.45) is 3.29. The van der Waals surface area contributed by atoms with E-state index in [-0.39, 0.29) is 23.8 Å². The fraction of sp³-hybridized carbons (Fsp3) is 0.429. The maximum Gasteiger partial charge on any atom is 0.279 e. The number of thiazole rings is 1. The van der Waals surface area contributed by atoms with Crippen LogP contribution >= 0.6 is 11.3 Å². The molecule has 0 saturated carbocycles. The summed E-state index contributed by atoms with van der Waals surface area (Å²) in [7, 11) is 1.43. The molecule has 0 bridgehead atoms. The Kier molecular flexibility index (Phi) is 12.8. The number of methoxy groups -OCH3 is 1. The van der Waals surface area contributed by atoms with Gasteiger partial charge in [-0.2, -0.15) is 27.3 Å². The van der Waals surface area contributed by atoms with Gasteiger partial charge < -0.3 is 9.15 Å². The molecule has 0 unspecified atom stereocenters. The van der Waals surface area contributed by atoms with Crippen LogP contribution < -0.4 is 9.46 Å². The zero-order valence-electron chi connectivity index (χ0n) is 25.0. The number of benzene rings is 1. The minimum absolute atomic E-state index is 0.0196. The third kappa shape index (κ3) is 10.2. The van der Waals surface area contributed by atoms with E-state index >= 15 is 0 Å². The number of furan rings is 1. The Morgan fingerprint density at radius 2 is 1.66 bits per heavy atom. The van der Waals surface area contributed by atoms with Crippen LogP contribution in [-0.2, 0) is 10.2 Å². The highest BCUT2D eigenvalue weighted by Gasteiger charge is 2.18. The summed E-state index contributed by atoms with van der Waals surface area (Å²) in [6.45, 7) is 11.4. The Bertz CT molecular complexity index is 1430. The second kappa shape index (κ2) is 15.6. The molecule has 3 heterocycles. The molecule has 3 aromatic heterocycles. The van der Waals surface area contributed by atoms with Crippen LogP contribution in [0.4, 0.5) is 0 Å². The van der Waals surface area contributed by atoms with Crippen molar-refractivity contribution in [3.05, 3.63) is 60.0 Å². The zero-order chi connectivity index (χ0) is 30.7. The van der Waals surface area contributed by atoms with Gasteiger partial charge in [0.05, 0.1) is 19.4 Å². The maximum atomic E-state index is 11.1. The highest BCUT2D eigenvalue weighted by atomic mass is 32.2. The van der Waals surface area contributed by atoms with Crippen molar-refractivity contribution in [3.63, 3.8) is 0 Å². The van der Waals surface area contributed by atoms with E-state index in [0.29, 0.717) is 5.76 Å². The summed E-state index contributed by atoms with van der Waals surface area (Å²) >= 11 is 1.57. The van der Waals surface area contributed by atoms with Gasteiger partial charge in [-0.05, 0) is 64.1 Å². The topological polar surface area (TPSA) is 132 Å². The van der Waals surface area contributed by atoms with Gasteiger partial charge in [0.15, 0.2) is 11.5 Å². The van der Waals surface area contributed by atoms with Gasteiger partial charge in [0, 0.05) is 43.2 Å². The van der Waals surface area contributed by atoms with Crippen molar-refractivity contribution in [1.82, 2.24) is 29.0 Å². The number of ether oxygens (including phenoxy) is 1. The molecule has 11 nitrogen and oxygen atoms in total. The van der Waals surface area contributed by atoms with Crippen LogP contribution in [0.5, 0.6) is 5.75 Å². The van der Waals surface area contributed by atoms with E-state index in [4.69, 9.17) is 9.15 Å². The average Bonchev–Trinajstić information content (AvgIpc) is 3.70. The summed E-state index contributed by atoms with van der Waals surface area (Å²) < 4.78 is 35.6. The summed E-state index contributed by atoms with van der Waals surface area (Å²) in [4.78, 5) is 17.2. The molecule has 0 aliphatic rings. The monoisotopic (exact) mass is 604 g/mol. The number of nitrogens with one attached hydrogen (secondary N) is 1. The average molecular weight is 605 g/mol. The molecule has 41 heavy (non-hydrogen) atoms. The molecule has 4 aromatic rings. The van der Waals surface area contributed by atoms with Crippen LogP contribution in [0, 0.1) is 5.92 Å². The zero-order valence-corrected chi connectivity index (χ0v) is 26.7. The van der Waals surface area contributed by atoms with Gasteiger partial charge in [-0.15, -0.1) is 16.4 Å². The van der Waals surface area contributed by atoms with Crippen LogP contribution in [0.2, 0.25) is 0 Å². The lowest BCUT2D eigenvalue weighted by Gasteiger charge is -2.14. The van der Waals surface area contributed by atoms with Crippen molar-refractivity contribution in [3.8, 4) is 27.7 Å². The standard InChI is InChI=1S/C15H16N4OS.C8H10O2.C5H14N2O2S/c1-10(2)19-17-13(11-4-6-12(20-3)7-5-11)14(18-19)15-16-8-9-21-15;1-6(2)8(9)7-4-3-5-10-7;1-5(2)6-10(8,9)7(3)4/h4-10H,1-3H3;3-6H,1-2H3;5-6H,1-4H3. The van der Waals surface area contributed by atoms with Gasteiger partial charge in [0.25, 0.3) is 10.2 Å². The van der Waals surface area contributed by atoms with Crippen LogP contribution in [0.25, 0.3) is 22.0 Å². The number of carbonyl (C=O) groups is 1. The van der Waals surface area contributed by atoms with Crippen molar-refractivity contribution in [2.45, 2.75) is 53.6 Å². The SMILES string of the molecule is CC(C)C(=O)c1ccco1.CC(C)NS(=O)(=O)N(C)C.COc1ccc(-c2nn(C(C)C)nc2-c2nccs2)cc1. The lowest BCUT2D eigenvalue weighted by Crippen LogP contribution is -2.39. The first-order chi connectivity index (χ1) is 19.3. The first kappa shape index (κ1) is 33.8. The molecule has 224 valence electrons. The minimum Gasteiger partial charge on any atom is -0.497 e. The molecule has 0 fully saturated rings. The number of nitrogens with zero attached hydrogens (tertiary/aromatic N) is 5. The third-order valence-electron chi connectivity index (χ3n) is 5.24. The molecule has 1 N–H and O–H groups in total. The maximum absolute atomic E-state index is 11.1. The quantitative estimate of drug-likeness (QED) is 0.245. The Morgan fingerprint density at radius 1 is 1.02 bits per heavy atom. The predicted octanol–water partition coefficient (Wildman–Crippen LogP) is 5.57. The predicted molar refractivity (Wildman–Crippen MR) is 162 cm³/mol. The van der Waals surface area contributed by atoms with Crippen LogP contribution in [0.3, 0.4) is 0 Å². The summed E-state index contributed by atoms with van der Waals surface area (Å²) in [6, 6.07) is 11.4. The fourth-order valence-electron chi connectivity index (χ4n) is 3.09. The van der Waals surface area contributed by atoms with E-state index in [0.717, 1.165) is 32.0 Å². The molecule has 0 aliphatic heterocycles. The Hall–Kier alpha value is -3.39. The van der Waals surface area contributed by atoms with Gasteiger partial charge in [-0.25, -0.2) is 4.98 Å². The van der Waals surface area contributed by atoms with Gasteiger partial charge in [-0.3, -0.25) is 4.79 Å². The molecular formula is C28H40N6O5S2. The van der Waals surface area contributed by atoms with E-state index in [9.17, 15) is 13.2 Å². The Morgan fingerprint density at radius 3 is 2.07 bits per heavy atom. The van der Waals surface area contributed by atoms with Crippen molar-refractivity contribution in [2.24, 2.45) is 5.92 Å². The summed E-state index contributed by atoms with van der Waals surface area (Å²) in [5, 5.41) is 12.0. The lowest BCUT2D eigenvalue weighted by molar-refractivity contribution is 0.0911. The van der Waals surface area contributed by atoms with Gasteiger partial charge in [0.1, 0.15) is 22.1 Å². The number of carbonyl (C=O) groups excluding carboxylic acids is 1. The largest absolute Gasteiger partial charge is 0.497 e. The summed E-state index contributed by atoms with van der Waals surface area (Å²) in [5.74, 6) is 1.36. The fourth-order valence-corrected chi connectivity index (χ4v) is 4.52. The molecule has 0 atom stereocenters.